The van der Waals surface area contributed by atoms with Crippen LogP contribution in [0.3, 0.4) is 0 Å². The molecule has 2 aromatic rings. The highest BCUT2D eigenvalue weighted by Gasteiger charge is 2.24. The molecule has 1 aliphatic carbocycles. The Morgan fingerprint density at radius 1 is 0.889 bits per heavy atom. The Kier molecular flexibility index (Phi) is 5.49. The fraction of sp³-hybridized carbons (Fsp3) is 0.300. The van der Waals surface area contributed by atoms with Crippen LogP contribution in [0.15, 0.2) is 36.4 Å². The number of methoxy groups -OCH3 is 3. The molecule has 27 heavy (non-hydrogen) atoms. The van der Waals surface area contributed by atoms with Crippen molar-refractivity contribution in [2.45, 2.75) is 18.9 Å². The minimum absolute atomic E-state index is 0.138. The number of hydrogen-bond donors (Lipinski definition) is 2. The van der Waals surface area contributed by atoms with E-state index in [1.54, 1.807) is 36.4 Å². The van der Waals surface area contributed by atoms with Crippen molar-refractivity contribution in [2.75, 3.05) is 26.6 Å². The molecule has 0 radical (unpaired) electrons. The molecule has 0 aliphatic heterocycles. The molecule has 2 N–H and O–H groups in total. The molecule has 1 saturated carbocycles. The molecular formula is C20H22N2O5. The number of benzene rings is 2. The summed E-state index contributed by atoms with van der Waals surface area (Å²) in [6.07, 6.45) is 2.03. The maximum atomic E-state index is 12.7. The summed E-state index contributed by atoms with van der Waals surface area (Å²) in [6, 6.07) is 10.2. The van der Waals surface area contributed by atoms with Crippen LogP contribution < -0.4 is 24.8 Å². The standard InChI is InChI=1S/C20H22N2O5/c1-25-16-10-13(11-17(26-2)18(16)27-3)20(24)22-15-6-4-5-12(9-15)19(23)21-14-7-8-14/h4-6,9-11,14H,7-8H2,1-3H3,(H,21,23)(H,22,24). The van der Waals surface area contributed by atoms with Crippen molar-refractivity contribution < 1.29 is 23.8 Å². The molecule has 2 amide bonds. The summed E-state index contributed by atoms with van der Waals surface area (Å²) in [5.74, 6) is 0.699. The second-order valence-corrected chi connectivity index (χ2v) is 6.20. The van der Waals surface area contributed by atoms with E-state index >= 15 is 0 Å². The van der Waals surface area contributed by atoms with Gasteiger partial charge in [0.2, 0.25) is 5.75 Å². The van der Waals surface area contributed by atoms with Crippen LogP contribution in [0.5, 0.6) is 17.2 Å². The molecule has 3 rings (SSSR count). The third kappa shape index (κ3) is 4.31. The van der Waals surface area contributed by atoms with E-state index in [0.717, 1.165) is 12.8 Å². The van der Waals surface area contributed by atoms with E-state index in [0.29, 0.717) is 34.1 Å². The molecule has 0 spiro atoms. The first-order valence-corrected chi connectivity index (χ1v) is 8.58. The van der Waals surface area contributed by atoms with Gasteiger partial charge in [-0.3, -0.25) is 9.59 Å². The summed E-state index contributed by atoms with van der Waals surface area (Å²) in [6.45, 7) is 0. The zero-order chi connectivity index (χ0) is 19.4. The molecule has 2 aromatic carbocycles. The smallest absolute Gasteiger partial charge is 0.255 e. The van der Waals surface area contributed by atoms with E-state index < -0.39 is 0 Å². The van der Waals surface area contributed by atoms with Crippen molar-refractivity contribution in [3.8, 4) is 17.2 Å². The van der Waals surface area contributed by atoms with Gasteiger partial charge in [0.25, 0.3) is 11.8 Å². The van der Waals surface area contributed by atoms with E-state index in [2.05, 4.69) is 10.6 Å². The summed E-state index contributed by atoms with van der Waals surface area (Å²) >= 11 is 0. The molecule has 7 heteroatoms. The highest BCUT2D eigenvalue weighted by Crippen LogP contribution is 2.38. The maximum Gasteiger partial charge on any atom is 0.255 e. The number of hydrogen-bond acceptors (Lipinski definition) is 5. The summed E-state index contributed by atoms with van der Waals surface area (Å²) in [4.78, 5) is 24.8. The minimum atomic E-state index is -0.353. The highest BCUT2D eigenvalue weighted by molar-refractivity contribution is 6.06. The molecule has 142 valence electrons. The van der Waals surface area contributed by atoms with Crippen LogP contribution in [-0.4, -0.2) is 39.2 Å². The van der Waals surface area contributed by atoms with Gasteiger partial charge in [0.1, 0.15) is 0 Å². The van der Waals surface area contributed by atoms with Crippen LogP contribution in [0.25, 0.3) is 0 Å². The number of anilines is 1. The second kappa shape index (κ2) is 7.99. The normalized spacial score (nSPS) is 12.9. The number of nitrogens with one attached hydrogen (secondary N) is 2. The predicted molar refractivity (Wildman–Crippen MR) is 101 cm³/mol. The molecule has 0 aromatic heterocycles. The Hall–Kier alpha value is -3.22. The SMILES string of the molecule is COc1cc(C(=O)Nc2cccc(C(=O)NC3CC3)c2)cc(OC)c1OC. The number of carbonyl (C=O) groups is 2. The summed E-state index contributed by atoms with van der Waals surface area (Å²) in [7, 11) is 4.47. The molecule has 0 saturated heterocycles. The topological polar surface area (TPSA) is 85.9 Å². The Labute approximate surface area is 157 Å². The fourth-order valence-corrected chi connectivity index (χ4v) is 2.65. The quantitative estimate of drug-likeness (QED) is 0.783. The van der Waals surface area contributed by atoms with Gasteiger partial charge >= 0.3 is 0 Å². The van der Waals surface area contributed by atoms with Crippen molar-refractivity contribution in [3.63, 3.8) is 0 Å². The number of amides is 2. The Morgan fingerprint density at radius 2 is 1.56 bits per heavy atom. The van der Waals surface area contributed by atoms with Crippen molar-refractivity contribution in [2.24, 2.45) is 0 Å². The van der Waals surface area contributed by atoms with Crippen molar-refractivity contribution in [1.82, 2.24) is 5.32 Å². The molecule has 0 unspecified atom stereocenters. The second-order valence-electron chi connectivity index (χ2n) is 6.20. The van der Waals surface area contributed by atoms with Gasteiger partial charge in [0, 0.05) is 22.9 Å². The van der Waals surface area contributed by atoms with Gasteiger partial charge in [-0.15, -0.1) is 0 Å². The molecule has 1 fully saturated rings. The molecule has 7 nitrogen and oxygen atoms in total. The number of ether oxygens (including phenoxy) is 3. The van der Waals surface area contributed by atoms with Gasteiger partial charge in [-0.05, 0) is 43.2 Å². The molecule has 0 atom stereocenters. The average molecular weight is 370 g/mol. The largest absolute Gasteiger partial charge is 0.493 e. The maximum absolute atomic E-state index is 12.7. The van der Waals surface area contributed by atoms with Crippen LogP contribution in [0.4, 0.5) is 5.69 Å². The van der Waals surface area contributed by atoms with Crippen molar-refractivity contribution in [1.29, 1.82) is 0 Å². The van der Waals surface area contributed by atoms with Gasteiger partial charge in [-0.1, -0.05) is 6.07 Å². The predicted octanol–water partition coefficient (Wildman–Crippen LogP) is 2.86. The van der Waals surface area contributed by atoms with E-state index in [4.69, 9.17) is 14.2 Å². The Morgan fingerprint density at radius 3 is 2.11 bits per heavy atom. The first-order chi connectivity index (χ1) is 13.0. The van der Waals surface area contributed by atoms with Crippen LogP contribution in [0.1, 0.15) is 33.6 Å². The minimum Gasteiger partial charge on any atom is -0.493 e. The van der Waals surface area contributed by atoms with Gasteiger partial charge in [0.15, 0.2) is 11.5 Å². The van der Waals surface area contributed by atoms with E-state index in [9.17, 15) is 9.59 Å². The fourth-order valence-electron chi connectivity index (χ4n) is 2.65. The van der Waals surface area contributed by atoms with E-state index in [1.165, 1.54) is 21.3 Å². The first-order valence-electron chi connectivity index (χ1n) is 8.58. The monoisotopic (exact) mass is 370 g/mol. The van der Waals surface area contributed by atoms with E-state index in [1.807, 2.05) is 0 Å². The molecule has 1 aliphatic rings. The average Bonchev–Trinajstić information content (AvgIpc) is 3.50. The lowest BCUT2D eigenvalue weighted by Gasteiger charge is -2.14. The van der Waals surface area contributed by atoms with Gasteiger partial charge in [-0.25, -0.2) is 0 Å². The zero-order valence-electron chi connectivity index (χ0n) is 15.5. The Bertz CT molecular complexity index is 836. The van der Waals surface area contributed by atoms with Crippen LogP contribution in [0, 0.1) is 0 Å². The van der Waals surface area contributed by atoms with Crippen LogP contribution in [0.2, 0.25) is 0 Å². The van der Waals surface area contributed by atoms with Gasteiger partial charge in [0.05, 0.1) is 21.3 Å². The molecular weight excluding hydrogens is 348 g/mol. The van der Waals surface area contributed by atoms with Crippen LogP contribution >= 0.6 is 0 Å². The van der Waals surface area contributed by atoms with Crippen molar-refractivity contribution in [3.05, 3.63) is 47.5 Å². The van der Waals surface area contributed by atoms with E-state index in [-0.39, 0.29) is 17.9 Å². The lowest BCUT2D eigenvalue weighted by Crippen LogP contribution is -2.25. The first kappa shape index (κ1) is 18.6. The number of carbonyl (C=O) groups excluding carboxylic acids is 2. The third-order valence-electron chi connectivity index (χ3n) is 4.22. The molecule has 0 bridgehead atoms. The van der Waals surface area contributed by atoms with Gasteiger partial charge in [-0.2, -0.15) is 0 Å². The number of rotatable bonds is 7. The summed E-state index contributed by atoms with van der Waals surface area (Å²) in [5, 5.41) is 5.72. The van der Waals surface area contributed by atoms with Gasteiger partial charge < -0.3 is 24.8 Å². The van der Waals surface area contributed by atoms with Crippen LogP contribution in [-0.2, 0) is 0 Å². The summed E-state index contributed by atoms with van der Waals surface area (Å²) < 4.78 is 15.8. The summed E-state index contributed by atoms with van der Waals surface area (Å²) in [5.41, 5.74) is 1.37. The molecule has 0 heterocycles. The highest BCUT2D eigenvalue weighted by atomic mass is 16.5. The Balaban J connectivity index is 1.79. The van der Waals surface area contributed by atoms with Crippen molar-refractivity contribution >= 4 is 17.5 Å². The lowest BCUT2D eigenvalue weighted by atomic mass is 10.1. The lowest BCUT2D eigenvalue weighted by molar-refractivity contribution is 0.0949. The third-order valence-corrected chi connectivity index (χ3v) is 4.22. The zero-order valence-corrected chi connectivity index (χ0v) is 15.5.